The van der Waals surface area contributed by atoms with E-state index in [0.717, 1.165) is 12.5 Å². The second-order valence-electron chi connectivity index (χ2n) is 4.22. The zero-order valence-corrected chi connectivity index (χ0v) is 12.3. The fourth-order valence-electron chi connectivity index (χ4n) is 2.75. The van der Waals surface area contributed by atoms with Crippen molar-refractivity contribution in [2.75, 3.05) is 6.54 Å². The Labute approximate surface area is 119 Å². The van der Waals surface area contributed by atoms with Crippen LogP contribution in [0.15, 0.2) is 12.1 Å². The fourth-order valence-corrected chi connectivity index (χ4v) is 2.75. The Bertz CT molecular complexity index is 360. The average Bonchev–Trinajstić information content (AvgIpc) is 2.57. The first-order valence-electron chi connectivity index (χ1n) is 5.16. The van der Waals surface area contributed by atoms with E-state index in [-0.39, 0.29) is 41.3 Å². The summed E-state index contributed by atoms with van der Waals surface area (Å²) in [6.45, 7) is 3.28. The van der Waals surface area contributed by atoms with Crippen LogP contribution in [0.25, 0.3) is 5.32 Å². The Kier molecular flexibility index (Phi) is 3.19. The van der Waals surface area contributed by atoms with Gasteiger partial charge in [0.1, 0.15) is 0 Å². The first kappa shape index (κ1) is 10.9. The molecule has 0 bridgehead atoms. The molecule has 1 aromatic rings. The molecule has 1 heterocycles. The van der Waals surface area contributed by atoms with Crippen molar-refractivity contribution >= 4 is 5.69 Å². The monoisotopic (exact) mass is 313 g/mol. The Morgan fingerprint density at radius 2 is 2.21 bits per heavy atom. The van der Waals surface area contributed by atoms with Gasteiger partial charge >= 0.3 is 0 Å². The second-order valence-corrected chi connectivity index (χ2v) is 4.22. The van der Waals surface area contributed by atoms with Crippen LogP contribution < -0.4 is 0 Å². The minimum atomic E-state index is 0. The van der Waals surface area contributed by atoms with Crippen LogP contribution in [-0.4, -0.2) is 6.54 Å². The molecule has 2 heteroatoms. The molecule has 1 unspecified atom stereocenters. The summed E-state index contributed by atoms with van der Waals surface area (Å²) in [5.74, 6) is 0.763. The van der Waals surface area contributed by atoms with E-state index in [4.69, 9.17) is 0 Å². The Hall–Kier alpha value is 0.384. The van der Waals surface area contributed by atoms with Gasteiger partial charge in [-0.3, -0.25) is 0 Å². The molecule has 2 aliphatic rings. The number of aryl methyl sites for hydroxylation is 1. The molecular formula is C12H14NPr-. The molecular weight excluding hydrogens is 299 g/mol. The summed E-state index contributed by atoms with van der Waals surface area (Å²) in [5.41, 5.74) is 5.95. The third-order valence-electron chi connectivity index (χ3n) is 3.44. The van der Waals surface area contributed by atoms with Crippen molar-refractivity contribution in [3.63, 3.8) is 0 Å². The minimum absolute atomic E-state index is 0. The molecule has 0 saturated heterocycles. The molecule has 0 spiro atoms. The maximum absolute atomic E-state index is 4.59. The van der Waals surface area contributed by atoms with E-state index in [1.807, 2.05) is 0 Å². The standard InChI is InChI=1S/C12H14N.Pr/c1-8-5-6-11-12-9(7-13-11)3-2-4-10(8)12;/h5-6,9H,2-4,7H2,1H3;/q-1;. The number of hydrogen-bond acceptors (Lipinski definition) is 0. The second kappa shape index (κ2) is 4.10. The van der Waals surface area contributed by atoms with Crippen molar-refractivity contribution in [1.82, 2.24) is 0 Å². The molecule has 3 rings (SSSR count). The van der Waals surface area contributed by atoms with Crippen molar-refractivity contribution in [3.05, 3.63) is 34.1 Å². The Balaban J connectivity index is 0.000000750. The largest absolute Gasteiger partial charge is 0.684 e. The van der Waals surface area contributed by atoms with Crippen molar-refractivity contribution in [1.29, 1.82) is 0 Å². The van der Waals surface area contributed by atoms with E-state index >= 15 is 0 Å². The van der Waals surface area contributed by atoms with Gasteiger partial charge in [0.05, 0.1) is 0 Å². The van der Waals surface area contributed by atoms with Crippen LogP contribution >= 0.6 is 0 Å². The molecule has 0 fully saturated rings. The molecule has 1 nitrogen and oxygen atoms in total. The molecule has 71 valence electrons. The van der Waals surface area contributed by atoms with E-state index in [0.29, 0.717) is 0 Å². The van der Waals surface area contributed by atoms with Gasteiger partial charge in [0.15, 0.2) is 0 Å². The molecule has 1 aromatic carbocycles. The van der Waals surface area contributed by atoms with Gasteiger partial charge in [-0.2, -0.15) is 0 Å². The summed E-state index contributed by atoms with van der Waals surface area (Å²) >= 11 is 0. The van der Waals surface area contributed by atoms with Crippen LogP contribution in [0, 0.1) is 48.2 Å². The predicted octanol–water partition coefficient (Wildman–Crippen LogP) is 3.43. The smallest absolute Gasteiger partial charge is 0 e. The van der Waals surface area contributed by atoms with Gasteiger partial charge in [-0.15, -0.1) is 12.2 Å². The average molecular weight is 313 g/mol. The normalized spacial score (nSPS) is 22.2. The van der Waals surface area contributed by atoms with Crippen LogP contribution in [0.3, 0.4) is 0 Å². The van der Waals surface area contributed by atoms with Gasteiger partial charge < -0.3 is 5.32 Å². The van der Waals surface area contributed by atoms with E-state index in [1.165, 1.54) is 30.5 Å². The van der Waals surface area contributed by atoms with E-state index < -0.39 is 0 Å². The van der Waals surface area contributed by atoms with E-state index in [1.54, 1.807) is 11.1 Å². The molecule has 1 radical (unpaired) electrons. The van der Waals surface area contributed by atoms with Crippen LogP contribution in [-0.2, 0) is 6.42 Å². The molecule has 0 aromatic heterocycles. The topological polar surface area (TPSA) is 14.1 Å². The van der Waals surface area contributed by atoms with Crippen LogP contribution in [0.2, 0.25) is 0 Å². The summed E-state index contributed by atoms with van der Waals surface area (Å²) in [6, 6.07) is 4.42. The number of benzene rings is 1. The Morgan fingerprint density at radius 1 is 1.36 bits per heavy atom. The predicted molar refractivity (Wildman–Crippen MR) is 54.7 cm³/mol. The van der Waals surface area contributed by atoms with Crippen molar-refractivity contribution < 1.29 is 41.3 Å². The SMILES string of the molecule is Cc1ccc2c3c1CCCC3C[N-]2.[Pr]. The third kappa shape index (κ3) is 1.53. The van der Waals surface area contributed by atoms with E-state index in [9.17, 15) is 0 Å². The summed E-state index contributed by atoms with van der Waals surface area (Å²) in [7, 11) is 0. The maximum atomic E-state index is 4.59. The number of hydrogen-bond donors (Lipinski definition) is 0. The first-order valence-corrected chi connectivity index (χ1v) is 5.16. The molecule has 0 N–H and O–H groups in total. The van der Waals surface area contributed by atoms with E-state index in [2.05, 4.69) is 24.4 Å². The van der Waals surface area contributed by atoms with Crippen molar-refractivity contribution in [3.8, 4) is 0 Å². The molecule has 1 atom stereocenters. The van der Waals surface area contributed by atoms with Crippen LogP contribution in [0.5, 0.6) is 0 Å². The van der Waals surface area contributed by atoms with Crippen molar-refractivity contribution in [2.45, 2.75) is 32.1 Å². The number of rotatable bonds is 0. The van der Waals surface area contributed by atoms with Gasteiger partial charge in [0.2, 0.25) is 0 Å². The molecule has 0 saturated carbocycles. The molecule has 0 amide bonds. The summed E-state index contributed by atoms with van der Waals surface area (Å²) < 4.78 is 0. The van der Waals surface area contributed by atoms with Gasteiger partial charge in [0.25, 0.3) is 0 Å². The van der Waals surface area contributed by atoms with Crippen LogP contribution in [0.4, 0.5) is 5.69 Å². The summed E-state index contributed by atoms with van der Waals surface area (Å²) in [6.07, 6.45) is 3.99. The maximum Gasteiger partial charge on any atom is 0 e. The van der Waals surface area contributed by atoms with Crippen molar-refractivity contribution in [2.24, 2.45) is 0 Å². The first-order chi connectivity index (χ1) is 6.36. The van der Waals surface area contributed by atoms with Gasteiger partial charge in [-0.05, 0) is 43.2 Å². The zero-order chi connectivity index (χ0) is 8.84. The Morgan fingerprint density at radius 3 is 3.07 bits per heavy atom. The number of nitrogens with zero attached hydrogens (tertiary/aromatic N) is 1. The van der Waals surface area contributed by atoms with Crippen LogP contribution in [0.1, 0.15) is 35.4 Å². The van der Waals surface area contributed by atoms with Gasteiger partial charge in [0, 0.05) is 41.3 Å². The van der Waals surface area contributed by atoms with Gasteiger partial charge in [-0.25, -0.2) is 0 Å². The quantitative estimate of drug-likeness (QED) is 0.697. The fraction of sp³-hybridized carbons (Fsp3) is 0.500. The summed E-state index contributed by atoms with van der Waals surface area (Å²) in [5, 5.41) is 4.59. The van der Waals surface area contributed by atoms with Gasteiger partial charge in [-0.1, -0.05) is 17.7 Å². The molecule has 1 aliphatic heterocycles. The third-order valence-corrected chi connectivity index (χ3v) is 3.44. The molecule has 1 aliphatic carbocycles. The summed E-state index contributed by atoms with van der Waals surface area (Å²) in [4.78, 5) is 0. The molecule has 14 heavy (non-hydrogen) atoms. The zero-order valence-electron chi connectivity index (χ0n) is 8.59. The minimum Gasteiger partial charge on any atom is -0.684 e.